The van der Waals surface area contributed by atoms with Crippen molar-refractivity contribution in [2.45, 2.75) is 96.8 Å². The number of hydrogen-bond acceptors (Lipinski definition) is 0. The molecule has 0 fully saturated rings. The monoisotopic (exact) mass is 443 g/mol. The summed E-state index contributed by atoms with van der Waals surface area (Å²) in [5.74, 6) is 0. The average Bonchev–Trinajstić information content (AvgIpc) is 2.43. The Labute approximate surface area is 160 Å². The molecule has 0 radical (unpaired) electrons. The van der Waals surface area contributed by atoms with Crippen LogP contribution in [0.15, 0.2) is 0 Å². The van der Waals surface area contributed by atoms with Gasteiger partial charge < -0.3 is 21.9 Å². The van der Waals surface area contributed by atoms with Crippen LogP contribution < -0.4 is 21.9 Å². The fourth-order valence-electron chi connectivity index (χ4n) is 2.29. The Morgan fingerprint density at radius 1 is 0.545 bits per heavy atom. The molecule has 0 aliphatic heterocycles. The van der Waals surface area contributed by atoms with E-state index in [1.54, 1.807) is 0 Å². The normalized spacial score (nSPS) is 10.1. The van der Waals surface area contributed by atoms with Crippen molar-refractivity contribution in [1.29, 1.82) is 0 Å². The molecule has 0 saturated heterocycles. The molecule has 1 N–H and O–H groups in total. The van der Waals surface area contributed by atoms with Crippen LogP contribution in [-0.4, -0.2) is 26.5 Å². The Bertz CT molecular complexity index is 147. The highest BCUT2D eigenvalue weighted by atomic mass is 79.9. The molecule has 0 aliphatic rings. The topological polar surface area (TPSA) is 4.44 Å². The summed E-state index contributed by atoms with van der Waals surface area (Å²) in [6.07, 6.45) is 20.3. The fourth-order valence-corrected chi connectivity index (χ4v) is 2.69. The largest absolute Gasteiger partial charge is 1.00 e. The summed E-state index contributed by atoms with van der Waals surface area (Å²) in [6, 6.07) is 0. The van der Waals surface area contributed by atoms with Crippen molar-refractivity contribution in [1.82, 2.24) is 0 Å². The van der Waals surface area contributed by atoms with Crippen molar-refractivity contribution in [2.24, 2.45) is 0 Å². The van der Waals surface area contributed by atoms with E-state index in [1.807, 2.05) is 0 Å². The third-order valence-electron chi connectivity index (χ3n) is 3.49. The standard InChI is InChI=1S/C16H33Br.C3H9N.BrH/c1-2-3-4-5-6-7-8-9-10-11-12-13-14-15-16-17;1-4(2)3;/h2-16H2,1H3;1-3H3;1H. The summed E-state index contributed by atoms with van der Waals surface area (Å²) in [7, 11) is 6.25. The van der Waals surface area contributed by atoms with Gasteiger partial charge in [-0.3, -0.25) is 0 Å². The van der Waals surface area contributed by atoms with Gasteiger partial charge in [-0.1, -0.05) is 106 Å². The molecule has 0 saturated carbocycles. The summed E-state index contributed by atoms with van der Waals surface area (Å²) in [5.41, 5.74) is 0. The van der Waals surface area contributed by atoms with Crippen molar-refractivity contribution in [3.05, 3.63) is 0 Å². The molecule has 0 aromatic rings. The van der Waals surface area contributed by atoms with Crippen LogP contribution in [0, 0.1) is 0 Å². The Hall–Kier alpha value is 0.920. The van der Waals surface area contributed by atoms with Gasteiger partial charge in [-0.15, -0.1) is 0 Å². The zero-order chi connectivity index (χ0) is 16.2. The highest BCUT2D eigenvalue weighted by molar-refractivity contribution is 9.09. The van der Waals surface area contributed by atoms with E-state index in [1.165, 1.54) is 100 Å². The average molecular weight is 445 g/mol. The summed E-state index contributed by atoms with van der Waals surface area (Å²) < 4.78 is 0. The van der Waals surface area contributed by atoms with Crippen molar-refractivity contribution in [2.75, 3.05) is 26.5 Å². The maximum Gasteiger partial charge on any atom is 0.0661 e. The molecule has 0 aliphatic carbocycles. The molecule has 0 rings (SSSR count). The molecule has 22 heavy (non-hydrogen) atoms. The van der Waals surface area contributed by atoms with Gasteiger partial charge in [-0.05, 0) is 6.42 Å². The van der Waals surface area contributed by atoms with Crippen LogP contribution in [0.3, 0.4) is 0 Å². The molecule has 138 valence electrons. The first-order chi connectivity index (χ1) is 10.1. The lowest BCUT2D eigenvalue weighted by Gasteiger charge is -2.02. The highest BCUT2D eigenvalue weighted by Crippen LogP contribution is 2.12. The summed E-state index contributed by atoms with van der Waals surface area (Å²) >= 11 is 3.48. The van der Waals surface area contributed by atoms with Crippen LogP contribution in [0.5, 0.6) is 0 Å². The summed E-state index contributed by atoms with van der Waals surface area (Å²) in [6.45, 7) is 2.29. The number of quaternary nitrogens is 1. The zero-order valence-electron chi connectivity index (χ0n) is 15.9. The Kier molecular flexibility index (Phi) is 33.8. The lowest BCUT2D eigenvalue weighted by molar-refractivity contribution is -0.836. The van der Waals surface area contributed by atoms with Gasteiger partial charge in [0, 0.05) is 5.33 Å². The van der Waals surface area contributed by atoms with Gasteiger partial charge in [0.15, 0.2) is 0 Å². The van der Waals surface area contributed by atoms with E-state index in [2.05, 4.69) is 44.0 Å². The second kappa shape index (κ2) is 26.8. The molecule has 3 heteroatoms. The third kappa shape index (κ3) is 37.3. The number of nitrogens with one attached hydrogen (secondary N) is 1. The molecule has 1 nitrogen and oxygen atoms in total. The summed E-state index contributed by atoms with van der Waals surface area (Å²) in [5, 5.41) is 1.19. The molecule has 0 bridgehead atoms. The molecule has 0 atom stereocenters. The SMILES string of the molecule is CCCCCCCCCCCCCCCCBr.C[NH+](C)C.[Br-]. The molecule has 0 unspecified atom stereocenters. The van der Waals surface area contributed by atoms with Crippen LogP contribution in [0.2, 0.25) is 0 Å². The van der Waals surface area contributed by atoms with Gasteiger partial charge in [0.05, 0.1) is 21.1 Å². The van der Waals surface area contributed by atoms with Crippen molar-refractivity contribution in [3.8, 4) is 0 Å². The minimum Gasteiger partial charge on any atom is -1.00 e. The minimum absolute atomic E-state index is 0. The quantitative estimate of drug-likeness (QED) is 0.310. The smallest absolute Gasteiger partial charge is 0.0661 e. The van der Waals surface area contributed by atoms with E-state index in [0.717, 1.165) is 0 Å². The van der Waals surface area contributed by atoms with Crippen LogP contribution >= 0.6 is 15.9 Å². The van der Waals surface area contributed by atoms with Gasteiger partial charge in [0.2, 0.25) is 0 Å². The fraction of sp³-hybridized carbons (Fsp3) is 1.00. The van der Waals surface area contributed by atoms with Gasteiger partial charge in [-0.25, -0.2) is 0 Å². The highest BCUT2D eigenvalue weighted by Gasteiger charge is 1.93. The zero-order valence-corrected chi connectivity index (χ0v) is 19.0. The van der Waals surface area contributed by atoms with E-state index in [9.17, 15) is 0 Å². The van der Waals surface area contributed by atoms with Gasteiger partial charge >= 0.3 is 0 Å². The van der Waals surface area contributed by atoms with E-state index < -0.39 is 0 Å². The molecule has 0 amide bonds. The number of alkyl halides is 1. The predicted molar refractivity (Wildman–Crippen MR) is 103 cm³/mol. The van der Waals surface area contributed by atoms with Crippen molar-refractivity contribution < 1.29 is 21.9 Å². The maximum atomic E-state index is 3.48. The minimum atomic E-state index is 0. The Balaban J connectivity index is -0.000000640. The van der Waals surface area contributed by atoms with Gasteiger partial charge in [0.1, 0.15) is 0 Å². The number of rotatable bonds is 14. The Morgan fingerprint density at radius 3 is 1.00 bits per heavy atom. The van der Waals surface area contributed by atoms with Crippen LogP contribution in [0.25, 0.3) is 0 Å². The van der Waals surface area contributed by atoms with Crippen LogP contribution in [-0.2, 0) is 0 Å². The first-order valence-electron chi connectivity index (χ1n) is 9.47. The molecular formula is C19H43Br2N. The maximum absolute atomic E-state index is 3.48. The second-order valence-corrected chi connectivity index (χ2v) is 7.58. The third-order valence-corrected chi connectivity index (χ3v) is 4.05. The molecular weight excluding hydrogens is 402 g/mol. The first-order valence-corrected chi connectivity index (χ1v) is 10.6. The predicted octanol–water partition coefficient (Wildman–Crippen LogP) is 2.63. The molecule has 0 aromatic heterocycles. The van der Waals surface area contributed by atoms with E-state index >= 15 is 0 Å². The second-order valence-electron chi connectivity index (χ2n) is 6.79. The van der Waals surface area contributed by atoms with Gasteiger partial charge in [-0.2, -0.15) is 0 Å². The van der Waals surface area contributed by atoms with Crippen molar-refractivity contribution in [3.63, 3.8) is 0 Å². The number of unbranched alkanes of at least 4 members (excludes halogenated alkanes) is 13. The van der Waals surface area contributed by atoms with E-state index in [-0.39, 0.29) is 17.0 Å². The number of halogens is 2. The molecule has 0 spiro atoms. The van der Waals surface area contributed by atoms with Crippen molar-refractivity contribution >= 4 is 15.9 Å². The lowest BCUT2D eigenvalue weighted by atomic mass is 10.0. The molecule has 0 heterocycles. The van der Waals surface area contributed by atoms with Crippen LogP contribution in [0.4, 0.5) is 0 Å². The lowest BCUT2D eigenvalue weighted by Crippen LogP contribution is -3.02. The van der Waals surface area contributed by atoms with E-state index in [4.69, 9.17) is 0 Å². The first kappa shape index (κ1) is 27.8. The van der Waals surface area contributed by atoms with E-state index in [0.29, 0.717) is 0 Å². The molecule has 0 aromatic carbocycles. The van der Waals surface area contributed by atoms with Gasteiger partial charge in [0.25, 0.3) is 0 Å². The summed E-state index contributed by atoms with van der Waals surface area (Å²) in [4.78, 5) is 1.42. The Morgan fingerprint density at radius 2 is 0.773 bits per heavy atom. The number of hydrogen-bond donors (Lipinski definition) is 1. The van der Waals surface area contributed by atoms with Crippen LogP contribution in [0.1, 0.15) is 96.8 Å².